The van der Waals surface area contributed by atoms with Gasteiger partial charge in [0.15, 0.2) is 0 Å². The first kappa shape index (κ1) is 19.3. The number of benzene rings is 1. The third kappa shape index (κ3) is 9.07. The highest BCUT2D eigenvalue weighted by Crippen LogP contribution is 2.16. The first-order valence-corrected chi connectivity index (χ1v) is 8.76. The van der Waals surface area contributed by atoms with Crippen molar-refractivity contribution >= 4 is 5.97 Å². The Kier molecular flexibility index (Phi) is 9.85. The van der Waals surface area contributed by atoms with E-state index in [4.69, 9.17) is 9.84 Å². The normalized spacial score (nSPS) is 10.5. The fourth-order valence-corrected chi connectivity index (χ4v) is 2.44. The van der Waals surface area contributed by atoms with Crippen LogP contribution < -0.4 is 4.74 Å². The summed E-state index contributed by atoms with van der Waals surface area (Å²) < 4.78 is 5.54. The van der Waals surface area contributed by atoms with Gasteiger partial charge in [0.25, 0.3) is 0 Å². The Morgan fingerprint density at radius 2 is 1.65 bits per heavy atom. The van der Waals surface area contributed by atoms with Crippen LogP contribution in [0.3, 0.4) is 0 Å². The lowest BCUT2D eigenvalue weighted by molar-refractivity contribution is -0.132. The van der Waals surface area contributed by atoms with E-state index in [1.807, 2.05) is 12.1 Å². The zero-order valence-corrected chi connectivity index (χ0v) is 14.4. The largest absolute Gasteiger partial charge is 0.493 e. The molecule has 0 amide bonds. The number of hydrogen-bond donors (Lipinski definition) is 1. The molecule has 0 aromatic heterocycles. The lowest BCUT2D eigenvalue weighted by Crippen LogP contribution is -2.05. The summed E-state index contributed by atoms with van der Waals surface area (Å²) in [4.78, 5) is 10.6. The fraction of sp³-hybridized carbons (Fsp3) is 0.550. The molecule has 1 rings (SSSR count). The van der Waals surface area contributed by atoms with Crippen LogP contribution in [0.1, 0.15) is 63.9 Å². The standard InChI is InChI=1S/C20H30O3/c1-3-4-5-6-7-8-9-10-18-11-13-19(14-12-18)23-16-15-17(2)20(21)22/h11-14H,2-10,15-16H2,1H3,(H,21,22). The first-order chi connectivity index (χ1) is 11.1. The van der Waals surface area contributed by atoms with Gasteiger partial charge in [-0.1, -0.05) is 64.2 Å². The Bertz CT molecular complexity index is 462. The van der Waals surface area contributed by atoms with Gasteiger partial charge in [-0.05, 0) is 30.5 Å². The molecule has 0 spiro atoms. The highest BCUT2D eigenvalue weighted by Gasteiger charge is 2.03. The van der Waals surface area contributed by atoms with Crippen LogP contribution >= 0.6 is 0 Å². The maximum atomic E-state index is 10.6. The van der Waals surface area contributed by atoms with Crippen LogP contribution in [0.4, 0.5) is 0 Å². The predicted octanol–water partition coefficient (Wildman–Crippen LogP) is 5.39. The van der Waals surface area contributed by atoms with Gasteiger partial charge in [0.1, 0.15) is 5.75 Å². The lowest BCUT2D eigenvalue weighted by Gasteiger charge is -2.07. The Hall–Kier alpha value is -1.77. The molecule has 0 radical (unpaired) electrons. The summed E-state index contributed by atoms with van der Waals surface area (Å²) in [5, 5.41) is 8.72. The number of hydrogen-bond acceptors (Lipinski definition) is 2. The van der Waals surface area contributed by atoms with Crippen LogP contribution in [-0.4, -0.2) is 17.7 Å². The summed E-state index contributed by atoms with van der Waals surface area (Å²) in [5.74, 6) is -0.176. The molecule has 0 aliphatic heterocycles. The van der Waals surface area contributed by atoms with Crippen molar-refractivity contribution in [3.8, 4) is 5.75 Å². The van der Waals surface area contributed by atoms with Gasteiger partial charge in [-0.15, -0.1) is 0 Å². The minimum atomic E-state index is -0.960. The molecule has 0 saturated heterocycles. The van der Waals surface area contributed by atoms with Crippen LogP contribution in [0.25, 0.3) is 0 Å². The zero-order valence-electron chi connectivity index (χ0n) is 14.4. The number of rotatable bonds is 13. The summed E-state index contributed by atoms with van der Waals surface area (Å²) in [6.45, 7) is 6.08. The van der Waals surface area contributed by atoms with Crippen molar-refractivity contribution < 1.29 is 14.6 Å². The molecule has 0 fully saturated rings. The second-order valence-corrected chi connectivity index (χ2v) is 6.02. The molecule has 3 nitrogen and oxygen atoms in total. The van der Waals surface area contributed by atoms with Crippen molar-refractivity contribution in [1.82, 2.24) is 0 Å². The van der Waals surface area contributed by atoms with Gasteiger partial charge >= 0.3 is 5.97 Å². The van der Waals surface area contributed by atoms with Crippen molar-refractivity contribution in [3.63, 3.8) is 0 Å². The van der Waals surface area contributed by atoms with E-state index in [1.54, 1.807) is 0 Å². The average molecular weight is 318 g/mol. The summed E-state index contributed by atoms with van der Waals surface area (Å²) in [6.07, 6.45) is 10.7. The molecule has 0 bridgehead atoms. The topological polar surface area (TPSA) is 46.5 Å². The van der Waals surface area contributed by atoms with E-state index in [9.17, 15) is 4.79 Å². The SMILES string of the molecule is C=C(CCOc1ccc(CCCCCCCCC)cc1)C(=O)O. The van der Waals surface area contributed by atoms with E-state index in [1.165, 1.54) is 50.5 Å². The molecular formula is C20H30O3. The minimum absolute atomic E-state index is 0.181. The number of aliphatic carboxylic acids is 1. The van der Waals surface area contributed by atoms with E-state index in [-0.39, 0.29) is 5.57 Å². The third-order valence-electron chi connectivity index (χ3n) is 3.97. The molecule has 0 aliphatic rings. The van der Waals surface area contributed by atoms with Crippen molar-refractivity contribution in [2.24, 2.45) is 0 Å². The Balaban J connectivity index is 2.15. The molecule has 0 unspecified atom stereocenters. The number of carboxylic acids is 1. The van der Waals surface area contributed by atoms with E-state index >= 15 is 0 Å². The highest BCUT2D eigenvalue weighted by molar-refractivity contribution is 5.85. The van der Waals surface area contributed by atoms with E-state index in [0.29, 0.717) is 13.0 Å². The summed E-state index contributed by atoms with van der Waals surface area (Å²) in [6, 6.07) is 8.11. The van der Waals surface area contributed by atoms with Crippen molar-refractivity contribution in [2.45, 2.75) is 64.7 Å². The quantitative estimate of drug-likeness (QED) is 0.392. The third-order valence-corrected chi connectivity index (χ3v) is 3.97. The zero-order chi connectivity index (χ0) is 16.9. The molecule has 1 aromatic carbocycles. The number of ether oxygens (including phenoxy) is 1. The molecule has 0 heterocycles. The number of aryl methyl sites for hydroxylation is 1. The van der Waals surface area contributed by atoms with E-state index in [2.05, 4.69) is 25.6 Å². The molecule has 3 heteroatoms. The summed E-state index contributed by atoms with van der Waals surface area (Å²) in [7, 11) is 0. The lowest BCUT2D eigenvalue weighted by atomic mass is 10.0. The number of unbranched alkanes of at least 4 members (excludes halogenated alkanes) is 6. The second-order valence-electron chi connectivity index (χ2n) is 6.02. The van der Waals surface area contributed by atoms with Gasteiger partial charge in [-0.25, -0.2) is 4.79 Å². The van der Waals surface area contributed by atoms with E-state index < -0.39 is 5.97 Å². The molecule has 0 aliphatic carbocycles. The van der Waals surface area contributed by atoms with Gasteiger partial charge in [0.05, 0.1) is 6.61 Å². The van der Waals surface area contributed by atoms with Gasteiger partial charge in [0, 0.05) is 12.0 Å². The fourth-order valence-electron chi connectivity index (χ4n) is 2.44. The molecule has 1 aromatic rings. The van der Waals surface area contributed by atoms with Crippen LogP contribution in [0.15, 0.2) is 36.4 Å². The number of carboxylic acid groups (broad SMARTS) is 1. The molecule has 0 atom stereocenters. The van der Waals surface area contributed by atoms with Crippen LogP contribution in [0.2, 0.25) is 0 Å². The van der Waals surface area contributed by atoms with Gasteiger partial charge in [0.2, 0.25) is 0 Å². The minimum Gasteiger partial charge on any atom is -0.493 e. The summed E-state index contributed by atoms with van der Waals surface area (Å²) in [5.41, 5.74) is 1.52. The first-order valence-electron chi connectivity index (χ1n) is 8.76. The number of carbonyl (C=O) groups is 1. The molecule has 23 heavy (non-hydrogen) atoms. The Morgan fingerprint density at radius 1 is 1.04 bits per heavy atom. The van der Waals surface area contributed by atoms with Crippen molar-refractivity contribution in [1.29, 1.82) is 0 Å². The van der Waals surface area contributed by atoms with Gasteiger partial charge < -0.3 is 9.84 Å². The molecule has 0 saturated carbocycles. The Labute approximate surface area is 140 Å². The Morgan fingerprint density at radius 3 is 2.26 bits per heavy atom. The smallest absolute Gasteiger partial charge is 0.331 e. The second kappa shape index (κ2) is 11.8. The molecule has 1 N–H and O–H groups in total. The average Bonchev–Trinajstić information content (AvgIpc) is 2.55. The van der Waals surface area contributed by atoms with Crippen molar-refractivity contribution in [3.05, 3.63) is 42.0 Å². The van der Waals surface area contributed by atoms with Gasteiger partial charge in [-0.2, -0.15) is 0 Å². The molecular weight excluding hydrogens is 288 g/mol. The molecule has 128 valence electrons. The van der Waals surface area contributed by atoms with Crippen LogP contribution in [0.5, 0.6) is 5.75 Å². The monoisotopic (exact) mass is 318 g/mol. The maximum absolute atomic E-state index is 10.6. The van der Waals surface area contributed by atoms with E-state index in [0.717, 1.165) is 12.2 Å². The van der Waals surface area contributed by atoms with Crippen molar-refractivity contribution in [2.75, 3.05) is 6.61 Å². The highest BCUT2D eigenvalue weighted by atomic mass is 16.5. The predicted molar refractivity (Wildman–Crippen MR) is 95.0 cm³/mol. The van der Waals surface area contributed by atoms with Gasteiger partial charge in [-0.3, -0.25) is 0 Å². The maximum Gasteiger partial charge on any atom is 0.331 e. The van der Waals surface area contributed by atoms with Crippen LogP contribution in [-0.2, 0) is 11.2 Å². The van der Waals surface area contributed by atoms with Crippen LogP contribution in [0, 0.1) is 0 Å². The summed E-state index contributed by atoms with van der Waals surface area (Å²) >= 11 is 0.